The summed E-state index contributed by atoms with van der Waals surface area (Å²) in [6, 6.07) is 20.2. The zero-order valence-corrected chi connectivity index (χ0v) is 16.7. The maximum Gasteiger partial charge on any atom is 0.223 e. The quantitative estimate of drug-likeness (QED) is 0.575. The molecule has 3 aromatic rings. The molecule has 5 heteroatoms. The number of likely N-dealkylation sites (N-methyl/N-ethyl adjacent to an activating group) is 1. The maximum atomic E-state index is 12.9. The summed E-state index contributed by atoms with van der Waals surface area (Å²) < 4.78 is 1.85. The van der Waals surface area contributed by atoms with Crippen LogP contribution in [-0.4, -0.2) is 52.7 Å². The molecule has 0 spiro atoms. The first-order valence-corrected chi connectivity index (χ1v) is 9.67. The first-order valence-electron chi connectivity index (χ1n) is 9.67. The van der Waals surface area contributed by atoms with Gasteiger partial charge in [0.15, 0.2) is 0 Å². The summed E-state index contributed by atoms with van der Waals surface area (Å²) in [7, 11) is 4.06. The lowest BCUT2D eigenvalue weighted by Crippen LogP contribution is -2.36. The Labute approximate surface area is 167 Å². The first-order chi connectivity index (χ1) is 13.6. The molecule has 1 heterocycles. The number of hydrogen-bond donors (Lipinski definition) is 0. The van der Waals surface area contributed by atoms with Crippen molar-refractivity contribution in [1.82, 2.24) is 19.6 Å². The molecule has 2 aromatic carbocycles. The molecule has 0 radical (unpaired) electrons. The Morgan fingerprint density at radius 2 is 1.61 bits per heavy atom. The highest BCUT2D eigenvalue weighted by Crippen LogP contribution is 2.11. The third-order valence-corrected chi connectivity index (χ3v) is 4.67. The largest absolute Gasteiger partial charge is 0.337 e. The summed E-state index contributed by atoms with van der Waals surface area (Å²) in [5.41, 5.74) is 3.26. The molecular weight excluding hydrogens is 348 g/mol. The van der Waals surface area contributed by atoms with Gasteiger partial charge in [0, 0.05) is 32.3 Å². The molecule has 0 aliphatic rings. The van der Waals surface area contributed by atoms with E-state index in [1.54, 1.807) is 0 Å². The van der Waals surface area contributed by atoms with Crippen LogP contribution in [0.25, 0.3) is 5.69 Å². The van der Waals surface area contributed by atoms with Crippen molar-refractivity contribution >= 4 is 5.91 Å². The number of carbonyl (C=O) groups is 1. The molecule has 1 aromatic heterocycles. The Morgan fingerprint density at radius 3 is 2.29 bits per heavy atom. The fourth-order valence-corrected chi connectivity index (χ4v) is 3.04. The molecule has 0 aliphatic heterocycles. The van der Waals surface area contributed by atoms with Gasteiger partial charge in [0.25, 0.3) is 0 Å². The van der Waals surface area contributed by atoms with Crippen molar-refractivity contribution in [2.24, 2.45) is 0 Å². The molecule has 1 amide bonds. The van der Waals surface area contributed by atoms with E-state index in [-0.39, 0.29) is 5.91 Å². The number of benzene rings is 2. The summed E-state index contributed by atoms with van der Waals surface area (Å²) in [6.07, 6.45) is 5.03. The highest BCUT2D eigenvalue weighted by molar-refractivity contribution is 5.76. The van der Waals surface area contributed by atoms with E-state index in [0.29, 0.717) is 19.4 Å². The predicted molar refractivity (Wildman–Crippen MR) is 112 cm³/mol. The Morgan fingerprint density at radius 1 is 0.929 bits per heavy atom. The van der Waals surface area contributed by atoms with Gasteiger partial charge in [0.2, 0.25) is 5.91 Å². The summed E-state index contributed by atoms with van der Waals surface area (Å²) in [4.78, 5) is 17.0. The van der Waals surface area contributed by atoms with E-state index in [1.165, 1.54) is 0 Å². The van der Waals surface area contributed by atoms with Crippen molar-refractivity contribution in [3.63, 3.8) is 0 Å². The molecule has 0 unspecified atom stereocenters. The van der Waals surface area contributed by atoms with Crippen LogP contribution in [-0.2, 0) is 17.8 Å². The van der Waals surface area contributed by atoms with Gasteiger partial charge in [-0.25, -0.2) is 4.68 Å². The van der Waals surface area contributed by atoms with Crippen LogP contribution in [0.3, 0.4) is 0 Å². The van der Waals surface area contributed by atoms with Crippen LogP contribution in [0.1, 0.15) is 17.5 Å². The number of amides is 1. The number of aromatic nitrogens is 2. The van der Waals surface area contributed by atoms with E-state index < -0.39 is 0 Å². The minimum Gasteiger partial charge on any atom is -0.337 e. The number of aryl methyl sites for hydroxylation is 1. The van der Waals surface area contributed by atoms with E-state index in [0.717, 1.165) is 29.9 Å². The normalized spacial score (nSPS) is 11.0. The third-order valence-electron chi connectivity index (χ3n) is 4.67. The van der Waals surface area contributed by atoms with Crippen molar-refractivity contribution in [2.45, 2.75) is 19.4 Å². The predicted octanol–water partition coefficient (Wildman–Crippen LogP) is 3.40. The maximum absolute atomic E-state index is 12.9. The average molecular weight is 377 g/mol. The van der Waals surface area contributed by atoms with E-state index in [2.05, 4.69) is 22.1 Å². The number of carbonyl (C=O) groups excluding carboxylic acids is 1. The molecular formula is C23H28N4O. The fourth-order valence-electron chi connectivity index (χ4n) is 3.04. The average Bonchev–Trinajstić information content (AvgIpc) is 3.20. The Balaban J connectivity index is 1.60. The zero-order valence-electron chi connectivity index (χ0n) is 16.7. The van der Waals surface area contributed by atoms with E-state index in [9.17, 15) is 4.79 Å². The lowest BCUT2D eigenvalue weighted by atomic mass is 10.1. The first kappa shape index (κ1) is 19.8. The minimum atomic E-state index is 0.179. The molecule has 0 bridgehead atoms. The molecule has 0 saturated carbocycles. The van der Waals surface area contributed by atoms with Gasteiger partial charge in [-0.05, 0) is 43.8 Å². The minimum absolute atomic E-state index is 0.179. The van der Waals surface area contributed by atoms with Gasteiger partial charge < -0.3 is 9.80 Å². The molecule has 0 saturated heterocycles. The summed E-state index contributed by atoms with van der Waals surface area (Å²) in [6.45, 7) is 2.23. The van der Waals surface area contributed by atoms with Crippen LogP contribution < -0.4 is 0 Å². The molecule has 5 nitrogen and oxygen atoms in total. The summed E-state index contributed by atoms with van der Waals surface area (Å²) in [5.74, 6) is 0.179. The van der Waals surface area contributed by atoms with Gasteiger partial charge >= 0.3 is 0 Å². The number of nitrogens with zero attached hydrogens (tertiary/aromatic N) is 4. The number of hydrogen-bond acceptors (Lipinski definition) is 3. The monoisotopic (exact) mass is 376 g/mol. The zero-order chi connectivity index (χ0) is 19.8. The van der Waals surface area contributed by atoms with E-state index >= 15 is 0 Å². The van der Waals surface area contributed by atoms with E-state index in [1.807, 2.05) is 84.6 Å². The van der Waals surface area contributed by atoms with Crippen molar-refractivity contribution in [3.8, 4) is 5.69 Å². The summed E-state index contributed by atoms with van der Waals surface area (Å²) in [5, 5.41) is 4.42. The lowest BCUT2D eigenvalue weighted by molar-refractivity contribution is -0.131. The van der Waals surface area contributed by atoms with Crippen LogP contribution >= 0.6 is 0 Å². The Bertz CT molecular complexity index is 859. The second-order valence-electron chi connectivity index (χ2n) is 7.23. The Hall–Kier alpha value is -2.92. The van der Waals surface area contributed by atoms with Crippen molar-refractivity contribution in [2.75, 3.05) is 27.2 Å². The van der Waals surface area contributed by atoms with Gasteiger partial charge in [-0.3, -0.25) is 4.79 Å². The second-order valence-corrected chi connectivity index (χ2v) is 7.23. The van der Waals surface area contributed by atoms with Gasteiger partial charge in [0.1, 0.15) is 0 Å². The third kappa shape index (κ3) is 5.79. The summed E-state index contributed by atoms with van der Waals surface area (Å²) >= 11 is 0. The van der Waals surface area contributed by atoms with Crippen molar-refractivity contribution in [1.29, 1.82) is 0 Å². The molecule has 146 valence electrons. The lowest BCUT2D eigenvalue weighted by Gasteiger charge is -2.24. The second kappa shape index (κ2) is 9.85. The highest BCUT2D eigenvalue weighted by Gasteiger charge is 2.15. The highest BCUT2D eigenvalue weighted by atomic mass is 16.2. The van der Waals surface area contributed by atoms with Crippen molar-refractivity contribution < 1.29 is 4.79 Å². The van der Waals surface area contributed by atoms with Gasteiger partial charge in [-0.1, -0.05) is 48.5 Å². The van der Waals surface area contributed by atoms with Crippen LogP contribution in [0.2, 0.25) is 0 Å². The Kier molecular flexibility index (Phi) is 6.98. The van der Waals surface area contributed by atoms with Crippen LogP contribution in [0.4, 0.5) is 0 Å². The topological polar surface area (TPSA) is 41.4 Å². The molecule has 0 N–H and O–H groups in total. The van der Waals surface area contributed by atoms with Crippen LogP contribution in [0.15, 0.2) is 73.1 Å². The number of rotatable bonds is 9. The molecule has 3 rings (SSSR count). The number of para-hydroxylation sites is 1. The molecule has 0 atom stereocenters. The van der Waals surface area contributed by atoms with Crippen LogP contribution in [0, 0.1) is 0 Å². The standard InChI is InChI=1S/C23H28N4O/c1-25(2)15-16-26(18-20-9-5-3-6-10-20)23(28)14-13-21-17-24-27(19-21)22-11-7-4-8-12-22/h3-12,17,19H,13-16,18H2,1-2H3. The molecule has 0 aliphatic carbocycles. The van der Waals surface area contributed by atoms with Gasteiger partial charge in [-0.15, -0.1) is 0 Å². The van der Waals surface area contributed by atoms with Crippen LogP contribution in [0.5, 0.6) is 0 Å². The van der Waals surface area contributed by atoms with E-state index in [4.69, 9.17) is 0 Å². The van der Waals surface area contributed by atoms with Gasteiger partial charge in [-0.2, -0.15) is 5.10 Å². The molecule has 0 fully saturated rings. The molecule has 28 heavy (non-hydrogen) atoms. The SMILES string of the molecule is CN(C)CCN(Cc1ccccc1)C(=O)CCc1cnn(-c2ccccc2)c1. The van der Waals surface area contributed by atoms with Gasteiger partial charge in [0.05, 0.1) is 11.9 Å². The smallest absolute Gasteiger partial charge is 0.223 e. The fraction of sp³-hybridized carbons (Fsp3) is 0.304. The van der Waals surface area contributed by atoms with Crippen molar-refractivity contribution in [3.05, 3.63) is 84.2 Å².